The van der Waals surface area contributed by atoms with Crippen molar-refractivity contribution in [3.63, 3.8) is 0 Å². The molecule has 0 aliphatic heterocycles. The Kier molecular flexibility index (Phi) is 7.23. The SMILES string of the molecule is NC(=O)[C@@H](Cc1c[nH]c2ccccc12)NC(=O)[C@H](CO)NC(=O)OCc1ccccc1. The molecular weight excluding hydrogens is 400 g/mol. The minimum Gasteiger partial charge on any atom is -0.445 e. The second-order valence-electron chi connectivity index (χ2n) is 6.97. The van der Waals surface area contributed by atoms with Crippen LogP contribution >= 0.6 is 0 Å². The minimum atomic E-state index is -1.30. The molecule has 0 bridgehead atoms. The van der Waals surface area contributed by atoms with E-state index in [4.69, 9.17) is 10.5 Å². The van der Waals surface area contributed by atoms with Crippen LogP contribution in [0, 0.1) is 0 Å². The fourth-order valence-electron chi connectivity index (χ4n) is 3.12. The maximum absolute atomic E-state index is 12.5. The molecule has 0 aliphatic carbocycles. The van der Waals surface area contributed by atoms with Crippen LogP contribution in [0.4, 0.5) is 4.79 Å². The number of alkyl carbamates (subject to hydrolysis) is 1. The number of para-hydroxylation sites is 1. The van der Waals surface area contributed by atoms with Crippen molar-refractivity contribution < 1.29 is 24.2 Å². The van der Waals surface area contributed by atoms with Crippen LogP contribution in [0.3, 0.4) is 0 Å². The van der Waals surface area contributed by atoms with Crippen LogP contribution in [0.25, 0.3) is 10.9 Å². The van der Waals surface area contributed by atoms with E-state index in [2.05, 4.69) is 15.6 Å². The van der Waals surface area contributed by atoms with Crippen LogP contribution in [0.2, 0.25) is 0 Å². The number of amides is 3. The van der Waals surface area contributed by atoms with Crippen molar-refractivity contribution in [2.24, 2.45) is 5.73 Å². The fraction of sp³-hybridized carbons (Fsp3) is 0.227. The topological polar surface area (TPSA) is 147 Å². The Morgan fingerprint density at radius 1 is 1.00 bits per heavy atom. The van der Waals surface area contributed by atoms with Gasteiger partial charge in [0, 0.05) is 23.5 Å². The van der Waals surface area contributed by atoms with Crippen molar-refractivity contribution in [3.8, 4) is 0 Å². The molecule has 6 N–H and O–H groups in total. The normalized spacial score (nSPS) is 12.7. The van der Waals surface area contributed by atoms with E-state index < -0.39 is 36.6 Å². The Hall–Kier alpha value is -3.85. The lowest BCUT2D eigenvalue weighted by molar-refractivity contribution is -0.129. The van der Waals surface area contributed by atoms with Gasteiger partial charge in [0.1, 0.15) is 18.7 Å². The number of H-pyrrole nitrogens is 1. The summed E-state index contributed by atoms with van der Waals surface area (Å²) in [6.45, 7) is -0.665. The molecule has 9 nitrogen and oxygen atoms in total. The number of ether oxygens (including phenoxy) is 1. The van der Waals surface area contributed by atoms with Crippen LogP contribution in [-0.4, -0.2) is 46.7 Å². The summed E-state index contributed by atoms with van der Waals surface area (Å²) in [5.74, 6) is -1.48. The number of primary amides is 1. The maximum atomic E-state index is 12.5. The monoisotopic (exact) mass is 424 g/mol. The zero-order chi connectivity index (χ0) is 22.2. The van der Waals surface area contributed by atoms with Crippen molar-refractivity contribution in [1.29, 1.82) is 0 Å². The van der Waals surface area contributed by atoms with Crippen LogP contribution < -0.4 is 16.4 Å². The number of rotatable bonds is 9. The number of carbonyl (C=O) groups excluding carboxylic acids is 3. The molecular formula is C22H24N4O5. The molecule has 3 aromatic rings. The number of aromatic amines is 1. The first kappa shape index (κ1) is 21.8. The molecule has 0 saturated heterocycles. The molecule has 0 spiro atoms. The summed E-state index contributed by atoms with van der Waals surface area (Å²) in [5.41, 5.74) is 7.93. The number of fused-ring (bicyclic) bond motifs is 1. The second kappa shape index (κ2) is 10.3. The molecule has 1 aromatic heterocycles. The number of benzene rings is 2. The largest absolute Gasteiger partial charge is 0.445 e. The van der Waals surface area contributed by atoms with E-state index in [0.29, 0.717) is 0 Å². The smallest absolute Gasteiger partial charge is 0.408 e. The summed E-state index contributed by atoms with van der Waals surface area (Å²) in [4.78, 5) is 39.5. The molecule has 0 aliphatic rings. The molecule has 9 heteroatoms. The summed E-state index contributed by atoms with van der Waals surface area (Å²) in [5, 5.41) is 15.2. The standard InChI is InChI=1S/C22H24N4O5/c23-20(28)18(10-15-11-24-17-9-5-4-8-16(15)17)25-21(29)19(12-27)26-22(30)31-13-14-6-2-1-3-7-14/h1-9,11,18-19,24,27H,10,12-13H2,(H2,23,28)(H,25,29)(H,26,30)/t18-,19+/m1/s1. The van der Waals surface area contributed by atoms with Gasteiger partial charge in [-0.15, -0.1) is 0 Å². The van der Waals surface area contributed by atoms with Crippen molar-refractivity contribution in [1.82, 2.24) is 15.6 Å². The highest BCUT2D eigenvalue weighted by atomic mass is 16.5. The van der Waals surface area contributed by atoms with E-state index in [1.165, 1.54) is 0 Å². The third-order valence-corrected chi connectivity index (χ3v) is 4.76. The summed E-state index contributed by atoms with van der Waals surface area (Å²) in [6.07, 6.45) is 1.03. The van der Waals surface area contributed by atoms with E-state index in [1.54, 1.807) is 30.5 Å². The van der Waals surface area contributed by atoms with E-state index in [0.717, 1.165) is 22.0 Å². The molecule has 1 heterocycles. The van der Waals surface area contributed by atoms with Crippen molar-refractivity contribution in [2.75, 3.05) is 6.61 Å². The number of aliphatic hydroxyl groups excluding tert-OH is 1. The average molecular weight is 424 g/mol. The predicted octanol–water partition coefficient (Wildman–Crippen LogP) is 0.968. The number of carbonyl (C=O) groups is 3. The van der Waals surface area contributed by atoms with Crippen molar-refractivity contribution >= 4 is 28.8 Å². The predicted molar refractivity (Wildman–Crippen MR) is 114 cm³/mol. The Labute approximate surface area is 178 Å². The summed E-state index contributed by atoms with van der Waals surface area (Å²) in [6, 6.07) is 14.2. The Bertz CT molecular complexity index is 1050. The zero-order valence-corrected chi connectivity index (χ0v) is 16.7. The number of aliphatic hydroxyl groups is 1. The van der Waals surface area contributed by atoms with Gasteiger partial charge in [0.05, 0.1) is 6.61 Å². The Morgan fingerprint density at radius 2 is 1.71 bits per heavy atom. The van der Waals surface area contributed by atoms with Crippen LogP contribution in [0.1, 0.15) is 11.1 Å². The van der Waals surface area contributed by atoms with Gasteiger partial charge >= 0.3 is 6.09 Å². The molecule has 0 unspecified atom stereocenters. The molecule has 31 heavy (non-hydrogen) atoms. The molecule has 2 atom stereocenters. The summed E-state index contributed by atoms with van der Waals surface area (Å²) in [7, 11) is 0. The second-order valence-corrected chi connectivity index (χ2v) is 6.97. The van der Waals surface area contributed by atoms with Gasteiger partial charge in [0.2, 0.25) is 11.8 Å². The van der Waals surface area contributed by atoms with E-state index >= 15 is 0 Å². The van der Waals surface area contributed by atoms with Gasteiger partial charge < -0.3 is 31.2 Å². The third-order valence-electron chi connectivity index (χ3n) is 4.76. The van der Waals surface area contributed by atoms with Gasteiger partial charge in [-0.05, 0) is 17.2 Å². The van der Waals surface area contributed by atoms with E-state index in [1.807, 2.05) is 30.3 Å². The summed E-state index contributed by atoms with van der Waals surface area (Å²) >= 11 is 0. The fourth-order valence-corrected chi connectivity index (χ4v) is 3.12. The van der Waals surface area contributed by atoms with Gasteiger partial charge in [-0.25, -0.2) is 4.79 Å². The Balaban J connectivity index is 1.59. The first-order chi connectivity index (χ1) is 15.0. The van der Waals surface area contributed by atoms with Crippen molar-refractivity contribution in [3.05, 3.63) is 71.9 Å². The third kappa shape index (κ3) is 5.83. The lowest BCUT2D eigenvalue weighted by Crippen LogP contribution is -2.54. The molecule has 3 amide bonds. The molecule has 162 valence electrons. The van der Waals surface area contributed by atoms with Gasteiger partial charge in [-0.2, -0.15) is 0 Å². The van der Waals surface area contributed by atoms with Gasteiger partial charge in [0.15, 0.2) is 0 Å². The first-order valence-corrected chi connectivity index (χ1v) is 9.70. The summed E-state index contributed by atoms with van der Waals surface area (Å²) < 4.78 is 5.06. The number of hydrogen-bond donors (Lipinski definition) is 5. The van der Waals surface area contributed by atoms with E-state index in [-0.39, 0.29) is 13.0 Å². The number of hydrogen-bond acceptors (Lipinski definition) is 5. The molecule has 3 rings (SSSR count). The maximum Gasteiger partial charge on any atom is 0.408 e. The van der Waals surface area contributed by atoms with Crippen molar-refractivity contribution in [2.45, 2.75) is 25.1 Å². The lowest BCUT2D eigenvalue weighted by atomic mass is 10.0. The zero-order valence-electron chi connectivity index (χ0n) is 16.7. The van der Waals surface area contributed by atoms with Gasteiger partial charge in [-0.1, -0.05) is 48.5 Å². The molecule has 0 fully saturated rings. The Morgan fingerprint density at radius 3 is 2.42 bits per heavy atom. The highest BCUT2D eigenvalue weighted by Crippen LogP contribution is 2.19. The quantitative estimate of drug-likeness (QED) is 0.347. The highest BCUT2D eigenvalue weighted by Gasteiger charge is 2.26. The van der Waals surface area contributed by atoms with Gasteiger partial charge in [0.25, 0.3) is 0 Å². The van der Waals surface area contributed by atoms with Gasteiger partial charge in [-0.3, -0.25) is 9.59 Å². The molecule has 2 aromatic carbocycles. The van der Waals surface area contributed by atoms with Crippen LogP contribution in [0.5, 0.6) is 0 Å². The van der Waals surface area contributed by atoms with Crippen LogP contribution in [0.15, 0.2) is 60.8 Å². The number of nitrogens with one attached hydrogen (secondary N) is 3. The highest BCUT2D eigenvalue weighted by molar-refractivity contribution is 5.91. The minimum absolute atomic E-state index is 0.0108. The average Bonchev–Trinajstić information content (AvgIpc) is 3.19. The first-order valence-electron chi connectivity index (χ1n) is 9.70. The van der Waals surface area contributed by atoms with E-state index in [9.17, 15) is 19.5 Å². The number of aromatic nitrogens is 1. The number of nitrogens with two attached hydrogens (primary N) is 1. The lowest BCUT2D eigenvalue weighted by Gasteiger charge is -2.20. The molecule has 0 saturated carbocycles. The van der Waals surface area contributed by atoms with Crippen LogP contribution in [-0.2, 0) is 27.4 Å². The molecule has 0 radical (unpaired) electrons.